The number of hydrogen-bond acceptors (Lipinski definition) is 6. The first-order valence-electron chi connectivity index (χ1n) is 6.59. The lowest BCUT2D eigenvalue weighted by Gasteiger charge is -2.29. The average Bonchev–Trinajstić information content (AvgIpc) is 2.50. The normalized spacial score (nSPS) is 11.8. The maximum absolute atomic E-state index is 11.8. The zero-order valence-electron chi connectivity index (χ0n) is 12.4. The van der Waals surface area contributed by atoms with Crippen molar-refractivity contribution in [3.05, 3.63) is 34.4 Å². The standard InChI is InChI=1S/C14H20N2O5/c1-11(14(17)21-3)15(9-6-10-20-2)12-7-4-5-8-13(12)16(18)19/h4-5,7-8,11H,6,9-10H2,1-3H3/t11-/m0/s1. The smallest absolute Gasteiger partial charge is 0.328 e. The van der Waals surface area contributed by atoms with Crippen LogP contribution < -0.4 is 4.90 Å². The highest BCUT2D eigenvalue weighted by atomic mass is 16.6. The number of methoxy groups -OCH3 is 2. The molecule has 0 amide bonds. The third kappa shape index (κ3) is 4.42. The molecule has 1 atom stereocenters. The minimum Gasteiger partial charge on any atom is -0.467 e. The van der Waals surface area contributed by atoms with Crippen LogP contribution >= 0.6 is 0 Å². The molecule has 0 N–H and O–H groups in total. The molecular weight excluding hydrogens is 276 g/mol. The molecule has 0 fully saturated rings. The highest BCUT2D eigenvalue weighted by Crippen LogP contribution is 2.29. The van der Waals surface area contributed by atoms with Crippen molar-refractivity contribution < 1.29 is 19.2 Å². The molecule has 0 radical (unpaired) electrons. The van der Waals surface area contributed by atoms with Crippen LogP contribution in [0.25, 0.3) is 0 Å². The second kappa shape index (κ2) is 8.21. The Morgan fingerprint density at radius 1 is 1.38 bits per heavy atom. The summed E-state index contributed by atoms with van der Waals surface area (Å²) in [5.74, 6) is -0.439. The van der Waals surface area contributed by atoms with E-state index in [1.807, 2.05) is 0 Å². The number of nitro benzene ring substituents is 1. The van der Waals surface area contributed by atoms with Gasteiger partial charge in [0.15, 0.2) is 0 Å². The number of carbonyl (C=O) groups excluding carboxylic acids is 1. The summed E-state index contributed by atoms with van der Waals surface area (Å²) in [6.45, 7) is 2.62. The van der Waals surface area contributed by atoms with Crippen LogP contribution in [0.4, 0.5) is 11.4 Å². The lowest BCUT2D eigenvalue weighted by atomic mass is 10.2. The third-order valence-electron chi connectivity index (χ3n) is 3.15. The molecule has 1 rings (SSSR count). The molecule has 7 heteroatoms. The molecule has 0 spiro atoms. The predicted octanol–water partition coefficient (Wildman–Crippen LogP) is 2.00. The summed E-state index contributed by atoms with van der Waals surface area (Å²) >= 11 is 0. The molecule has 0 aliphatic heterocycles. The number of nitro groups is 1. The molecule has 0 bridgehead atoms. The average molecular weight is 296 g/mol. The van der Waals surface area contributed by atoms with E-state index in [0.29, 0.717) is 25.3 Å². The van der Waals surface area contributed by atoms with Crippen molar-refractivity contribution in [3.63, 3.8) is 0 Å². The van der Waals surface area contributed by atoms with Crippen molar-refractivity contribution in [2.45, 2.75) is 19.4 Å². The van der Waals surface area contributed by atoms with Crippen LogP contribution in [0.15, 0.2) is 24.3 Å². The number of hydrogen-bond donors (Lipinski definition) is 0. The second-order valence-electron chi connectivity index (χ2n) is 4.48. The SMILES string of the molecule is COCCCN(c1ccccc1[N+](=O)[O-])[C@@H](C)C(=O)OC. The Labute approximate surface area is 123 Å². The summed E-state index contributed by atoms with van der Waals surface area (Å²) in [5.41, 5.74) is 0.363. The van der Waals surface area contributed by atoms with Crippen LogP contribution in [0.3, 0.4) is 0 Å². The predicted molar refractivity (Wildman–Crippen MR) is 78.4 cm³/mol. The first kappa shape index (κ1) is 16.9. The Morgan fingerprint density at radius 3 is 2.62 bits per heavy atom. The minimum atomic E-state index is -0.618. The zero-order chi connectivity index (χ0) is 15.8. The van der Waals surface area contributed by atoms with Crippen LogP contribution in [0, 0.1) is 10.1 Å². The molecule has 1 aromatic rings. The number of rotatable bonds is 8. The van der Waals surface area contributed by atoms with E-state index in [-0.39, 0.29) is 5.69 Å². The lowest BCUT2D eigenvalue weighted by molar-refractivity contribution is -0.384. The first-order valence-corrected chi connectivity index (χ1v) is 6.59. The van der Waals surface area contributed by atoms with Crippen LogP contribution in [0.5, 0.6) is 0 Å². The number of carbonyl (C=O) groups is 1. The Bertz CT molecular complexity index is 492. The summed E-state index contributed by atoms with van der Waals surface area (Å²) in [7, 11) is 2.88. The van der Waals surface area contributed by atoms with E-state index in [1.165, 1.54) is 13.2 Å². The monoisotopic (exact) mass is 296 g/mol. The quantitative estimate of drug-likeness (QED) is 0.316. The van der Waals surface area contributed by atoms with Gasteiger partial charge in [0.25, 0.3) is 5.69 Å². The molecule has 0 unspecified atom stereocenters. The van der Waals surface area contributed by atoms with Gasteiger partial charge in [-0.25, -0.2) is 4.79 Å². The number of benzene rings is 1. The fourth-order valence-corrected chi connectivity index (χ4v) is 2.06. The van der Waals surface area contributed by atoms with Gasteiger partial charge in [-0.15, -0.1) is 0 Å². The van der Waals surface area contributed by atoms with Gasteiger partial charge in [-0.2, -0.15) is 0 Å². The highest BCUT2D eigenvalue weighted by Gasteiger charge is 2.27. The molecule has 0 aliphatic rings. The van der Waals surface area contributed by atoms with E-state index in [0.717, 1.165) is 0 Å². The van der Waals surface area contributed by atoms with Gasteiger partial charge in [-0.1, -0.05) is 12.1 Å². The van der Waals surface area contributed by atoms with Gasteiger partial charge in [-0.05, 0) is 19.4 Å². The van der Waals surface area contributed by atoms with Crippen molar-refractivity contribution in [2.24, 2.45) is 0 Å². The van der Waals surface area contributed by atoms with Crippen LogP contribution in [-0.2, 0) is 14.3 Å². The number of anilines is 1. The summed E-state index contributed by atoms with van der Waals surface area (Å²) in [6.07, 6.45) is 0.643. The number of ether oxygens (including phenoxy) is 2. The van der Waals surface area contributed by atoms with Gasteiger partial charge in [-0.3, -0.25) is 10.1 Å². The molecule has 116 valence electrons. The summed E-state index contributed by atoms with van der Waals surface area (Å²) < 4.78 is 9.74. The number of esters is 1. The summed E-state index contributed by atoms with van der Waals surface area (Å²) in [6, 6.07) is 5.73. The van der Waals surface area contributed by atoms with Crippen LogP contribution in [0.2, 0.25) is 0 Å². The maximum atomic E-state index is 11.8. The molecule has 0 saturated heterocycles. The van der Waals surface area contributed by atoms with E-state index in [9.17, 15) is 14.9 Å². The highest BCUT2D eigenvalue weighted by molar-refractivity contribution is 5.81. The molecule has 0 heterocycles. The largest absolute Gasteiger partial charge is 0.467 e. The van der Waals surface area contributed by atoms with E-state index in [2.05, 4.69) is 0 Å². The summed E-state index contributed by atoms with van der Waals surface area (Å²) in [4.78, 5) is 24.1. The van der Waals surface area contributed by atoms with Crippen molar-refractivity contribution in [1.82, 2.24) is 0 Å². The van der Waals surface area contributed by atoms with E-state index >= 15 is 0 Å². The zero-order valence-corrected chi connectivity index (χ0v) is 12.4. The number of para-hydroxylation sites is 2. The van der Waals surface area contributed by atoms with E-state index in [1.54, 1.807) is 37.1 Å². The van der Waals surface area contributed by atoms with Crippen molar-refractivity contribution >= 4 is 17.3 Å². The maximum Gasteiger partial charge on any atom is 0.328 e. The van der Waals surface area contributed by atoms with Gasteiger partial charge in [0.2, 0.25) is 0 Å². The molecule has 0 aliphatic carbocycles. The number of nitrogens with zero attached hydrogens (tertiary/aromatic N) is 2. The van der Waals surface area contributed by atoms with Crippen molar-refractivity contribution in [3.8, 4) is 0 Å². The van der Waals surface area contributed by atoms with Gasteiger partial charge < -0.3 is 14.4 Å². The summed E-state index contributed by atoms with van der Waals surface area (Å²) in [5, 5.41) is 11.2. The Hall–Kier alpha value is -2.15. The first-order chi connectivity index (χ1) is 10.0. The second-order valence-corrected chi connectivity index (χ2v) is 4.48. The van der Waals surface area contributed by atoms with E-state index in [4.69, 9.17) is 9.47 Å². The van der Waals surface area contributed by atoms with Crippen LogP contribution in [0.1, 0.15) is 13.3 Å². The molecule has 0 saturated carbocycles. The Kier molecular flexibility index (Phi) is 6.61. The molecule has 1 aromatic carbocycles. The third-order valence-corrected chi connectivity index (χ3v) is 3.15. The van der Waals surface area contributed by atoms with Crippen molar-refractivity contribution in [1.29, 1.82) is 0 Å². The van der Waals surface area contributed by atoms with Crippen LogP contribution in [-0.4, -0.2) is 44.3 Å². The Balaban J connectivity index is 3.11. The van der Waals surface area contributed by atoms with Gasteiger partial charge in [0.1, 0.15) is 11.7 Å². The van der Waals surface area contributed by atoms with Gasteiger partial charge in [0.05, 0.1) is 12.0 Å². The van der Waals surface area contributed by atoms with Gasteiger partial charge in [0, 0.05) is 26.3 Å². The van der Waals surface area contributed by atoms with E-state index < -0.39 is 16.9 Å². The Morgan fingerprint density at radius 2 is 2.05 bits per heavy atom. The fourth-order valence-electron chi connectivity index (χ4n) is 2.06. The van der Waals surface area contributed by atoms with Crippen molar-refractivity contribution in [2.75, 3.05) is 32.3 Å². The fraction of sp³-hybridized carbons (Fsp3) is 0.500. The molecular formula is C14H20N2O5. The topological polar surface area (TPSA) is 81.9 Å². The molecule has 21 heavy (non-hydrogen) atoms. The van der Waals surface area contributed by atoms with Gasteiger partial charge >= 0.3 is 5.97 Å². The minimum absolute atomic E-state index is 0.0364. The molecule has 0 aromatic heterocycles. The lowest BCUT2D eigenvalue weighted by Crippen LogP contribution is -2.41. The molecule has 7 nitrogen and oxygen atoms in total.